The molecule has 0 aliphatic rings. The molecule has 2 N–H and O–H groups in total. The molecule has 7 aromatic rings. The van der Waals surface area contributed by atoms with Crippen molar-refractivity contribution in [1.29, 1.82) is 0 Å². The second kappa shape index (κ2) is 12.3. The molecule has 13 heteroatoms. The van der Waals surface area contributed by atoms with Crippen molar-refractivity contribution in [2.24, 2.45) is 0 Å². The lowest BCUT2D eigenvalue weighted by Crippen LogP contribution is -2.25. The van der Waals surface area contributed by atoms with Gasteiger partial charge in [-0.1, -0.05) is 87.7 Å². The van der Waals surface area contributed by atoms with Crippen LogP contribution in [0.25, 0.3) is 32.8 Å². The van der Waals surface area contributed by atoms with Gasteiger partial charge in [0.25, 0.3) is 11.1 Å². The largest absolute Gasteiger partial charge is 0.293 e. The van der Waals surface area contributed by atoms with Gasteiger partial charge in [-0.2, -0.15) is 9.36 Å². The Morgan fingerprint density at radius 3 is 1.57 bits per heavy atom. The number of benzene rings is 3. The Balaban J connectivity index is 1.36. The van der Waals surface area contributed by atoms with Crippen LogP contribution in [0.15, 0.2) is 97.6 Å². The number of aryl methyl sites for hydroxylation is 2. The number of aromatic amines is 2. The van der Waals surface area contributed by atoms with Crippen LogP contribution < -0.4 is 11.1 Å². The second-order valence-corrected chi connectivity index (χ2v) is 14.0. The number of halogens is 3. The average Bonchev–Trinajstić information content (AvgIpc) is 3.83. The standard InChI is InChI=1S/C33H23BrCl2N6O2S2/c1-17-27(30(43)41(39-17)32-37-25(15-45-32)21-7-3-5-9-23(21)35)29(19-11-13-20(34)14-12-19)28-18(2)40-42(31(28)44)33-38-26(16-46-33)22-8-4-6-10-24(22)36/h3-16,29,39-40H,1-2H3. The zero-order valence-corrected chi connectivity index (χ0v) is 28.9. The monoisotopic (exact) mass is 748 g/mol. The van der Waals surface area contributed by atoms with Crippen molar-refractivity contribution in [2.45, 2.75) is 19.8 Å². The van der Waals surface area contributed by atoms with Crippen LogP contribution in [0.4, 0.5) is 0 Å². The number of hydrogen-bond donors (Lipinski definition) is 2. The Labute approximate surface area is 289 Å². The molecule has 0 unspecified atom stereocenters. The van der Waals surface area contributed by atoms with Crippen molar-refractivity contribution in [3.63, 3.8) is 0 Å². The number of rotatable bonds is 7. The minimum Gasteiger partial charge on any atom is -0.293 e. The number of thiazole rings is 2. The van der Waals surface area contributed by atoms with E-state index in [4.69, 9.17) is 33.2 Å². The summed E-state index contributed by atoms with van der Waals surface area (Å²) in [6.45, 7) is 3.66. The lowest BCUT2D eigenvalue weighted by Gasteiger charge is -2.16. The molecule has 0 aliphatic heterocycles. The van der Waals surface area contributed by atoms with Gasteiger partial charge in [0.05, 0.1) is 22.5 Å². The molecule has 0 fully saturated rings. The molecule has 0 saturated heterocycles. The normalized spacial score (nSPS) is 11.5. The van der Waals surface area contributed by atoms with Crippen LogP contribution in [-0.4, -0.2) is 29.5 Å². The predicted octanol–water partition coefficient (Wildman–Crippen LogP) is 8.76. The second-order valence-electron chi connectivity index (χ2n) is 10.6. The Kier molecular flexibility index (Phi) is 8.20. The quantitative estimate of drug-likeness (QED) is 0.170. The fourth-order valence-electron chi connectivity index (χ4n) is 5.52. The predicted molar refractivity (Wildman–Crippen MR) is 190 cm³/mol. The summed E-state index contributed by atoms with van der Waals surface area (Å²) in [7, 11) is 0. The SMILES string of the molecule is Cc1[nH]n(-c2nc(-c3ccccc3Cl)cs2)c(=O)c1C(c1ccc(Br)cc1)c1c(C)[nH]n(-c2nc(-c3ccccc3Cl)cs2)c1=O. The first-order valence-electron chi connectivity index (χ1n) is 14.0. The van der Waals surface area contributed by atoms with Crippen molar-refractivity contribution in [1.82, 2.24) is 29.5 Å². The highest BCUT2D eigenvalue weighted by atomic mass is 79.9. The first-order chi connectivity index (χ1) is 22.2. The summed E-state index contributed by atoms with van der Waals surface area (Å²) in [4.78, 5) is 38.0. The van der Waals surface area contributed by atoms with Crippen molar-refractivity contribution in [3.05, 3.63) is 147 Å². The van der Waals surface area contributed by atoms with E-state index < -0.39 is 5.92 Å². The van der Waals surface area contributed by atoms with Crippen LogP contribution in [0, 0.1) is 13.8 Å². The van der Waals surface area contributed by atoms with Gasteiger partial charge in [-0.15, -0.1) is 22.7 Å². The third kappa shape index (κ3) is 5.41. The molecule has 3 aromatic carbocycles. The van der Waals surface area contributed by atoms with Gasteiger partial charge in [0, 0.05) is 53.7 Å². The highest BCUT2D eigenvalue weighted by Crippen LogP contribution is 2.35. The fraction of sp³-hybridized carbons (Fsp3) is 0.0909. The summed E-state index contributed by atoms with van der Waals surface area (Å²) in [5.74, 6) is -0.686. The van der Waals surface area contributed by atoms with E-state index in [1.807, 2.05) is 85.3 Å². The Morgan fingerprint density at radius 1 is 0.696 bits per heavy atom. The van der Waals surface area contributed by atoms with Crippen molar-refractivity contribution >= 4 is 61.8 Å². The maximum Gasteiger partial charge on any atom is 0.277 e. The number of hydrogen-bond acceptors (Lipinski definition) is 6. The first-order valence-corrected chi connectivity index (χ1v) is 17.3. The van der Waals surface area contributed by atoms with Gasteiger partial charge in [0.1, 0.15) is 0 Å². The van der Waals surface area contributed by atoms with Crippen LogP contribution in [-0.2, 0) is 0 Å². The molecule has 0 radical (unpaired) electrons. The van der Waals surface area contributed by atoms with Crippen LogP contribution in [0.1, 0.15) is 34.0 Å². The zero-order chi connectivity index (χ0) is 32.1. The number of aromatic nitrogens is 6. The summed E-state index contributed by atoms with van der Waals surface area (Å²) in [6.07, 6.45) is 0. The van der Waals surface area contributed by atoms with Gasteiger partial charge in [-0.05, 0) is 43.7 Å². The molecule has 0 amide bonds. The minimum absolute atomic E-state index is 0.299. The van der Waals surface area contributed by atoms with Crippen LogP contribution in [0.3, 0.4) is 0 Å². The van der Waals surface area contributed by atoms with E-state index in [9.17, 15) is 9.59 Å². The van der Waals surface area contributed by atoms with Gasteiger partial charge in [0.2, 0.25) is 10.3 Å². The van der Waals surface area contributed by atoms with E-state index in [2.05, 4.69) is 26.1 Å². The minimum atomic E-state index is -0.686. The van der Waals surface area contributed by atoms with Crippen molar-refractivity contribution < 1.29 is 0 Å². The molecule has 7 rings (SSSR count). The fourth-order valence-corrected chi connectivity index (χ4v) is 7.81. The molecule has 0 atom stereocenters. The van der Waals surface area contributed by atoms with Crippen LogP contribution in [0.5, 0.6) is 0 Å². The summed E-state index contributed by atoms with van der Waals surface area (Å²) in [6, 6.07) is 22.5. The summed E-state index contributed by atoms with van der Waals surface area (Å²) >= 11 is 19.0. The molecule has 4 heterocycles. The maximum absolute atomic E-state index is 14.3. The van der Waals surface area contributed by atoms with Crippen LogP contribution >= 0.6 is 61.8 Å². The molecule has 0 saturated carbocycles. The van der Waals surface area contributed by atoms with Crippen molar-refractivity contribution in [3.8, 4) is 32.8 Å². The Hall–Kier alpha value is -4.00. The Morgan fingerprint density at radius 2 is 1.13 bits per heavy atom. The third-order valence-electron chi connectivity index (χ3n) is 7.68. The summed E-state index contributed by atoms with van der Waals surface area (Å²) in [5, 5.41) is 12.2. The smallest absolute Gasteiger partial charge is 0.277 e. The van der Waals surface area contributed by atoms with E-state index in [1.54, 1.807) is 12.1 Å². The number of nitrogens with one attached hydrogen (secondary N) is 2. The molecule has 46 heavy (non-hydrogen) atoms. The highest BCUT2D eigenvalue weighted by Gasteiger charge is 2.31. The number of H-pyrrole nitrogens is 2. The molecule has 230 valence electrons. The van der Waals surface area contributed by atoms with Crippen molar-refractivity contribution in [2.75, 3.05) is 0 Å². The van der Waals surface area contributed by atoms with E-state index >= 15 is 0 Å². The van der Waals surface area contributed by atoms with Gasteiger partial charge >= 0.3 is 0 Å². The van der Waals surface area contributed by atoms with Crippen LogP contribution in [0.2, 0.25) is 10.0 Å². The third-order valence-corrected chi connectivity index (χ3v) is 10.5. The molecular formula is C33H23BrCl2N6O2S2. The van der Waals surface area contributed by atoms with Gasteiger partial charge in [-0.25, -0.2) is 9.97 Å². The summed E-state index contributed by atoms with van der Waals surface area (Å²) in [5.41, 5.74) is 5.20. The zero-order valence-electron chi connectivity index (χ0n) is 24.2. The first kappa shape index (κ1) is 30.6. The number of nitrogens with zero attached hydrogens (tertiary/aromatic N) is 4. The summed E-state index contributed by atoms with van der Waals surface area (Å²) < 4.78 is 3.74. The van der Waals surface area contributed by atoms with E-state index in [-0.39, 0.29) is 11.1 Å². The Bertz CT molecular complexity index is 2210. The van der Waals surface area contributed by atoms with E-state index in [0.717, 1.165) is 21.2 Å². The molecule has 0 spiro atoms. The lowest BCUT2D eigenvalue weighted by atomic mass is 9.85. The molecule has 0 bridgehead atoms. The topological polar surface area (TPSA) is 101 Å². The molecule has 8 nitrogen and oxygen atoms in total. The van der Waals surface area contributed by atoms with Gasteiger partial charge < -0.3 is 0 Å². The van der Waals surface area contributed by atoms with Gasteiger partial charge in [0.15, 0.2) is 0 Å². The maximum atomic E-state index is 14.3. The average molecular weight is 751 g/mol. The molecule has 0 aliphatic carbocycles. The van der Waals surface area contributed by atoms with Gasteiger partial charge in [-0.3, -0.25) is 19.8 Å². The lowest BCUT2D eigenvalue weighted by molar-refractivity contribution is 0.823. The molecule has 4 aromatic heterocycles. The van der Waals surface area contributed by atoms with E-state index in [1.165, 1.54) is 32.0 Å². The van der Waals surface area contributed by atoms with E-state index in [0.29, 0.717) is 54.2 Å². The molecular weight excluding hydrogens is 727 g/mol. The highest BCUT2D eigenvalue weighted by molar-refractivity contribution is 9.10.